The number of nitrogens with zero attached hydrogens (tertiary/aromatic N) is 1. The van der Waals surface area contributed by atoms with Crippen LogP contribution in [0.15, 0.2) is 18.2 Å². The summed E-state index contributed by atoms with van der Waals surface area (Å²) in [6, 6.07) is 5.62. The third-order valence-electron chi connectivity index (χ3n) is 3.93. The second-order valence-corrected chi connectivity index (χ2v) is 5.82. The molecule has 0 unspecified atom stereocenters. The van der Waals surface area contributed by atoms with Crippen LogP contribution in [0.25, 0.3) is 0 Å². The lowest BCUT2D eigenvalue weighted by atomic mass is 10.2. The van der Waals surface area contributed by atoms with Gasteiger partial charge in [-0.2, -0.15) is 0 Å². The number of nitrogens with one attached hydrogen (secondary N) is 1. The summed E-state index contributed by atoms with van der Waals surface area (Å²) in [4.78, 5) is 14.4. The summed E-state index contributed by atoms with van der Waals surface area (Å²) in [5, 5.41) is 3.33. The topological polar surface area (TPSA) is 58.4 Å². The summed E-state index contributed by atoms with van der Waals surface area (Å²) in [6.07, 6.45) is 5.18. The van der Waals surface area contributed by atoms with Gasteiger partial charge in [0.25, 0.3) is 5.91 Å². The van der Waals surface area contributed by atoms with Crippen molar-refractivity contribution >= 4 is 23.2 Å². The van der Waals surface area contributed by atoms with Crippen LogP contribution in [-0.4, -0.2) is 37.0 Å². The maximum Gasteiger partial charge on any atom is 0.252 e. The van der Waals surface area contributed by atoms with E-state index in [1.807, 2.05) is 0 Å². The highest BCUT2D eigenvalue weighted by Gasteiger charge is 2.19. The van der Waals surface area contributed by atoms with Gasteiger partial charge in [-0.15, -0.1) is 0 Å². The second kappa shape index (κ2) is 6.95. The van der Waals surface area contributed by atoms with Gasteiger partial charge in [0.2, 0.25) is 0 Å². The predicted molar refractivity (Wildman–Crippen MR) is 83.1 cm³/mol. The largest absolute Gasteiger partial charge is 0.399 e. The lowest BCUT2D eigenvalue weighted by molar-refractivity contribution is 0.0947. The molecule has 0 aromatic heterocycles. The highest BCUT2D eigenvalue weighted by atomic mass is 35.5. The molecule has 1 saturated carbocycles. The first-order valence-electron chi connectivity index (χ1n) is 7.11. The zero-order valence-corrected chi connectivity index (χ0v) is 12.6. The van der Waals surface area contributed by atoms with Crippen LogP contribution in [0.4, 0.5) is 5.69 Å². The molecule has 5 heteroatoms. The molecule has 0 bridgehead atoms. The summed E-state index contributed by atoms with van der Waals surface area (Å²) >= 11 is 6.01. The first-order valence-corrected chi connectivity index (χ1v) is 7.49. The van der Waals surface area contributed by atoms with Crippen LogP contribution >= 0.6 is 11.6 Å². The summed E-state index contributed by atoms with van der Waals surface area (Å²) < 4.78 is 0. The fourth-order valence-electron chi connectivity index (χ4n) is 2.69. The van der Waals surface area contributed by atoms with E-state index in [4.69, 9.17) is 17.3 Å². The minimum Gasteiger partial charge on any atom is -0.399 e. The Morgan fingerprint density at radius 2 is 2.15 bits per heavy atom. The Bertz CT molecular complexity index is 472. The molecule has 0 atom stereocenters. The molecule has 0 aliphatic heterocycles. The minimum absolute atomic E-state index is 0.165. The number of nitrogen functional groups attached to an aromatic ring is 1. The molecule has 0 radical (unpaired) electrons. The van der Waals surface area contributed by atoms with E-state index < -0.39 is 0 Å². The molecule has 4 nitrogen and oxygen atoms in total. The van der Waals surface area contributed by atoms with Gasteiger partial charge in [-0.25, -0.2) is 0 Å². The van der Waals surface area contributed by atoms with Crippen LogP contribution in [0.3, 0.4) is 0 Å². The van der Waals surface area contributed by atoms with Crippen molar-refractivity contribution in [2.75, 3.05) is 25.9 Å². The van der Waals surface area contributed by atoms with Crippen molar-refractivity contribution < 1.29 is 4.79 Å². The number of amides is 1. The van der Waals surface area contributed by atoms with Crippen molar-refractivity contribution in [2.45, 2.75) is 31.7 Å². The third-order valence-corrected chi connectivity index (χ3v) is 4.26. The number of benzene rings is 1. The maximum absolute atomic E-state index is 12.1. The van der Waals surface area contributed by atoms with Crippen LogP contribution < -0.4 is 11.1 Å². The Labute approximate surface area is 125 Å². The monoisotopic (exact) mass is 295 g/mol. The number of hydrogen-bond acceptors (Lipinski definition) is 3. The highest BCUT2D eigenvalue weighted by molar-refractivity contribution is 6.34. The van der Waals surface area contributed by atoms with Crippen LogP contribution in [0, 0.1) is 0 Å². The van der Waals surface area contributed by atoms with E-state index in [0.29, 0.717) is 28.9 Å². The molecule has 1 amide bonds. The maximum atomic E-state index is 12.1. The van der Waals surface area contributed by atoms with Gasteiger partial charge in [0.05, 0.1) is 10.6 Å². The van der Waals surface area contributed by atoms with Gasteiger partial charge >= 0.3 is 0 Å². The second-order valence-electron chi connectivity index (χ2n) is 5.41. The fraction of sp³-hybridized carbons (Fsp3) is 0.533. The fourth-order valence-corrected chi connectivity index (χ4v) is 2.89. The van der Waals surface area contributed by atoms with Gasteiger partial charge in [-0.05, 0) is 38.1 Å². The van der Waals surface area contributed by atoms with E-state index in [-0.39, 0.29) is 5.91 Å². The number of anilines is 1. The number of nitrogens with two attached hydrogens (primary N) is 1. The minimum atomic E-state index is -0.165. The van der Waals surface area contributed by atoms with E-state index in [1.54, 1.807) is 18.2 Å². The molecule has 20 heavy (non-hydrogen) atoms. The van der Waals surface area contributed by atoms with Gasteiger partial charge in [0, 0.05) is 24.8 Å². The van der Waals surface area contributed by atoms with Crippen molar-refractivity contribution in [3.63, 3.8) is 0 Å². The zero-order chi connectivity index (χ0) is 14.5. The van der Waals surface area contributed by atoms with Crippen LogP contribution in [0.2, 0.25) is 5.02 Å². The first-order chi connectivity index (χ1) is 9.58. The zero-order valence-electron chi connectivity index (χ0n) is 11.9. The lowest BCUT2D eigenvalue weighted by Crippen LogP contribution is -2.37. The number of carbonyl (C=O) groups is 1. The summed E-state index contributed by atoms with van der Waals surface area (Å²) in [7, 11) is 2.12. The standard InChI is InChI=1S/C15H22ClN3O/c1-19(12-4-2-3-5-12)9-8-18-15(20)13-10-11(17)6-7-14(13)16/h6-7,10,12H,2-5,8-9,17H2,1H3,(H,18,20). The molecule has 0 heterocycles. The Hall–Kier alpha value is -1.26. The van der Waals surface area contributed by atoms with Gasteiger partial charge in [0.1, 0.15) is 0 Å². The number of carbonyl (C=O) groups excluding carboxylic acids is 1. The molecule has 1 aromatic rings. The molecule has 2 rings (SSSR count). The smallest absolute Gasteiger partial charge is 0.252 e. The van der Waals surface area contributed by atoms with E-state index in [2.05, 4.69) is 17.3 Å². The molecule has 0 spiro atoms. The van der Waals surface area contributed by atoms with E-state index in [0.717, 1.165) is 6.54 Å². The van der Waals surface area contributed by atoms with Crippen LogP contribution in [0.1, 0.15) is 36.0 Å². The Balaban J connectivity index is 1.81. The summed E-state index contributed by atoms with van der Waals surface area (Å²) in [6.45, 7) is 1.48. The quantitative estimate of drug-likeness (QED) is 0.821. The van der Waals surface area contributed by atoms with E-state index in [9.17, 15) is 4.79 Å². The number of rotatable bonds is 5. The first kappa shape index (κ1) is 15.1. The molecule has 1 aliphatic rings. The average Bonchev–Trinajstić information content (AvgIpc) is 2.95. The van der Waals surface area contributed by atoms with Crippen molar-refractivity contribution in [3.8, 4) is 0 Å². The highest BCUT2D eigenvalue weighted by Crippen LogP contribution is 2.22. The molecule has 1 aliphatic carbocycles. The molecule has 3 N–H and O–H groups in total. The molecule has 1 fully saturated rings. The Morgan fingerprint density at radius 1 is 1.45 bits per heavy atom. The van der Waals surface area contributed by atoms with Crippen LogP contribution in [-0.2, 0) is 0 Å². The molecule has 0 saturated heterocycles. The van der Waals surface area contributed by atoms with Crippen molar-refractivity contribution in [1.82, 2.24) is 10.2 Å². The molecule has 110 valence electrons. The lowest BCUT2D eigenvalue weighted by Gasteiger charge is -2.23. The van der Waals surface area contributed by atoms with Crippen LogP contribution in [0.5, 0.6) is 0 Å². The molecular formula is C15H22ClN3O. The van der Waals surface area contributed by atoms with E-state index >= 15 is 0 Å². The SMILES string of the molecule is CN(CCNC(=O)c1cc(N)ccc1Cl)C1CCCC1. The van der Waals surface area contributed by atoms with Gasteiger partial charge in [-0.3, -0.25) is 4.79 Å². The van der Waals surface area contributed by atoms with Crippen molar-refractivity contribution in [3.05, 3.63) is 28.8 Å². The number of likely N-dealkylation sites (N-methyl/N-ethyl adjacent to an activating group) is 1. The average molecular weight is 296 g/mol. The number of hydrogen-bond donors (Lipinski definition) is 2. The molecular weight excluding hydrogens is 274 g/mol. The molecule has 1 aromatic carbocycles. The third kappa shape index (κ3) is 3.87. The van der Waals surface area contributed by atoms with Crippen molar-refractivity contribution in [2.24, 2.45) is 0 Å². The normalized spacial score (nSPS) is 15.8. The predicted octanol–water partition coefficient (Wildman–Crippen LogP) is 2.53. The van der Waals surface area contributed by atoms with Gasteiger partial charge in [0.15, 0.2) is 0 Å². The summed E-state index contributed by atoms with van der Waals surface area (Å²) in [5.74, 6) is -0.165. The van der Waals surface area contributed by atoms with Gasteiger partial charge in [-0.1, -0.05) is 24.4 Å². The Morgan fingerprint density at radius 3 is 2.85 bits per heavy atom. The summed E-state index contributed by atoms with van der Waals surface area (Å²) in [5.41, 5.74) is 6.66. The number of halogens is 1. The Kier molecular flexibility index (Phi) is 5.26. The van der Waals surface area contributed by atoms with Crippen molar-refractivity contribution in [1.29, 1.82) is 0 Å². The van der Waals surface area contributed by atoms with Gasteiger partial charge < -0.3 is 16.0 Å². The van der Waals surface area contributed by atoms with E-state index in [1.165, 1.54) is 25.7 Å².